The van der Waals surface area contributed by atoms with Crippen LogP contribution in [0.3, 0.4) is 0 Å². The van der Waals surface area contributed by atoms with E-state index in [2.05, 4.69) is 19.2 Å². The molecule has 0 spiro atoms. The van der Waals surface area contributed by atoms with Gasteiger partial charge in [-0.2, -0.15) is 12.6 Å². The van der Waals surface area contributed by atoms with Gasteiger partial charge in [-0.05, 0) is 55.0 Å². The van der Waals surface area contributed by atoms with Crippen molar-refractivity contribution in [1.82, 2.24) is 0 Å². The summed E-state index contributed by atoms with van der Waals surface area (Å²) in [6, 6.07) is 9.97. The number of anilines is 1. The Morgan fingerprint density at radius 1 is 1.08 bits per heavy atom. The third-order valence-electron chi connectivity index (χ3n) is 6.45. The molecule has 0 saturated carbocycles. The Kier molecular flexibility index (Phi) is 7.21. The summed E-state index contributed by atoms with van der Waals surface area (Å²) in [6.45, 7) is 4.20. The average molecular weight is 512 g/mol. The number of thiol groups is 1. The number of carbonyl (C=O) groups is 2. The molecular weight excluding hydrogens is 482 g/mol. The molecule has 1 N–H and O–H groups in total. The molecular formula is C27H29NO7S. The van der Waals surface area contributed by atoms with Crippen LogP contribution in [-0.2, 0) is 4.75 Å². The Morgan fingerprint density at radius 2 is 1.78 bits per heavy atom. The number of aldehydes is 1. The van der Waals surface area contributed by atoms with Gasteiger partial charge >= 0.3 is 0 Å². The highest BCUT2D eigenvalue weighted by molar-refractivity contribution is 7.81. The van der Waals surface area contributed by atoms with Crippen LogP contribution in [0.4, 0.5) is 5.69 Å². The molecule has 0 aliphatic heterocycles. The van der Waals surface area contributed by atoms with Gasteiger partial charge in [0, 0.05) is 22.9 Å². The highest BCUT2D eigenvalue weighted by atomic mass is 32.1. The van der Waals surface area contributed by atoms with E-state index in [9.17, 15) is 9.59 Å². The molecule has 0 fully saturated rings. The average Bonchev–Trinajstić information content (AvgIpc) is 3.34. The fourth-order valence-corrected chi connectivity index (χ4v) is 4.69. The molecule has 2 atom stereocenters. The van der Waals surface area contributed by atoms with Crippen molar-refractivity contribution in [3.63, 3.8) is 0 Å². The number of amides is 1. The van der Waals surface area contributed by atoms with Crippen molar-refractivity contribution in [1.29, 1.82) is 0 Å². The van der Waals surface area contributed by atoms with E-state index in [0.29, 0.717) is 40.2 Å². The summed E-state index contributed by atoms with van der Waals surface area (Å²) in [7, 11) is 4.47. The van der Waals surface area contributed by atoms with E-state index in [0.717, 1.165) is 30.3 Å². The SMILES string of the molecule is COc1cc(OC)c(NC(=O)c2ccc(Oc3cc4c(cc3C=O)C(C)(S)CCC4C)o2)c(OC)c1. The number of benzene rings is 2. The number of rotatable bonds is 8. The van der Waals surface area contributed by atoms with Crippen LogP contribution in [0, 0.1) is 0 Å². The lowest BCUT2D eigenvalue weighted by Crippen LogP contribution is -2.23. The zero-order valence-electron chi connectivity index (χ0n) is 20.8. The molecule has 0 radical (unpaired) electrons. The number of hydrogen-bond acceptors (Lipinski definition) is 8. The molecule has 2 unspecified atom stereocenters. The van der Waals surface area contributed by atoms with Crippen LogP contribution in [-0.4, -0.2) is 33.5 Å². The van der Waals surface area contributed by atoms with Crippen LogP contribution >= 0.6 is 12.6 Å². The number of methoxy groups -OCH3 is 3. The van der Waals surface area contributed by atoms with Crippen LogP contribution in [0.2, 0.25) is 0 Å². The molecule has 8 nitrogen and oxygen atoms in total. The van der Waals surface area contributed by atoms with E-state index in [-0.39, 0.29) is 16.5 Å². The van der Waals surface area contributed by atoms with Crippen LogP contribution in [0.15, 0.2) is 40.8 Å². The minimum Gasteiger partial charge on any atom is -0.496 e. The standard InChI is InChI=1S/C27H29NO7S/c1-15-8-9-27(2,36)19-10-16(14-29)21(13-18(15)19)35-24-7-6-20(34-24)26(30)28-25-22(32-4)11-17(31-3)12-23(25)33-5/h6-7,10-15,36H,8-9H2,1-5H3,(H,28,30). The zero-order chi connectivity index (χ0) is 26.0. The Morgan fingerprint density at radius 3 is 2.39 bits per heavy atom. The van der Waals surface area contributed by atoms with Crippen molar-refractivity contribution >= 4 is 30.5 Å². The van der Waals surface area contributed by atoms with E-state index in [1.807, 2.05) is 12.1 Å². The van der Waals surface area contributed by atoms with E-state index >= 15 is 0 Å². The second-order valence-corrected chi connectivity index (χ2v) is 9.88. The van der Waals surface area contributed by atoms with Crippen LogP contribution in [0.25, 0.3) is 0 Å². The molecule has 0 bridgehead atoms. The summed E-state index contributed by atoms with van der Waals surface area (Å²) in [5.74, 6) is 1.44. The number of hydrogen-bond donors (Lipinski definition) is 2. The fraction of sp³-hybridized carbons (Fsp3) is 0.333. The summed E-state index contributed by atoms with van der Waals surface area (Å²) in [4.78, 5) is 24.8. The molecule has 1 aliphatic rings. The van der Waals surface area contributed by atoms with E-state index in [1.54, 1.807) is 12.1 Å². The molecule has 190 valence electrons. The zero-order valence-corrected chi connectivity index (χ0v) is 21.7. The number of nitrogens with one attached hydrogen (secondary N) is 1. The molecule has 3 aromatic rings. The van der Waals surface area contributed by atoms with Gasteiger partial charge in [0.2, 0.25) is 0 Å². The molecule has 9 heteroatoms. The first-order valence-corrected chi connectivity index (χ1v) is 11.9. The first-order valence-electron chi connectivity index (χ1n) is 11.5. The van der Waals surface area contributed by atoms with Crippen LogP contribution in [0.5, 0.6) is 28.9 Å². The Bertz CT molecular complexity index is 1270. The molecule has 2 aromatic carbocycles. The van der Waals surface area contributed by atoms with Gasteiger partial charge in [-0.25, -0.2) is 0 Å². The second kappa shape index (κ2) is 10.2. The van der Waals surface area contributed by atoms with Crippen molar-refractivity contribution < 1.29 is 33.0 Å². The summed E-state index contributed by atoms with van der Waals surface area (Å²) in [6.07, 6.45) is 2.65. The maximum atomic E-state index is 12.9. The van der Waals surface area contributed by atoms with Crippen molar-refractivity contribution in [2.75, 3.05) is 26.6 Å². The largest absolute Gasteiger partial charge is 0.496 e. The van der Waals surface area contributed by atoms with Crippen molar-refractivity contribution in [3.05, 3.63) is 58.8 Å². The Hall–Kier alpha value is -3.59. The lowest BCUT2D eigenvalue weighted by Gasteiger charge is -2.35. The first kappa shape index (κ1) is 25.5. The van der Waals surface area contributed by atoms with Gasteiger partial charge < -0.3 is 28.7 Å². The normalized spacial score (nSPS) is 18.7. The van der Waals surface area contributed by atoms with Crippen molar-refractivity contribution in [2.45, 2.75) is 37.4 Å². The van der Waals surface area contributed by atoms with Crippen LogP contribution < -0.4 is 24.3 Å². The van der Waals surface area contributed by atoms with Gasteiger partial charge in [-0.15, -0.1) is 0 Å². The van der Waals surface area contributed by atoms with E-state index in [4.69, 9.17) is 36.0 Å². The Labute approximate surface area is 215 Å². The second-order valence-electron chi connectivity index (χ2n) is 8.89. The highest BCUT2D eigenvalue weighted by Gasteiger charge is 2.33. The summed E-state index contributed by atoms with van der Waals surface area (Å²) < 4.78 is 27.2. The Balaban J connectivity index is 1.59. The predicted molar refractivity (Wildman–Crippen MR) is 139 cm³/mol. The monoisotopic (exact) mass is 511 g/mol. The molecule has 1 aliphatic carbocycles. The number of fused-ring (bicyclic) bond motifs is 1. The fourth-order valence-electron chi connectivity index (χ4n) is 4.36. The van der Waals surface area contributed by atoms with Gasteiger partial charge in [0.15, 0.2) is 12.0 Å². The lowest BCUT2D eigenvalue weighted by molar-refractivity contribution is 0.0990. The molecule has 4 rings (SSSR count). The van der Waals surface area contributed by atoms with Gasteiger partial charge in [-0.1, -0.05) is 6.92 Å². The molecule has 1 amide bonds. The third kappa shape index (κ3) is 4.88. The molecule has 0 saturated heterocycles. The molecule has 36 heavy (non-hydrogen) atoms. The summed E-state index contributed by atoms with van der Waals surface area (Å²) in [5, 5.41) is 2.75. The number of ether oxygens (including phenoxy) is 4. The number of furan rings is 1. The van der Waals surface area contributed by atoms with Crippen LogP contribution in [0.1, 0.15) is 64.6 Å². The van der Waals surface area contributed by atoms with Gasteiger partial charge in [0.25, 0.3) is 11.9 Å². The quantitative estimate of drug-likeness (QED) is 0.274. The van der Waals surface area contributed by atoms with Gasteiger partial charge in [0.05, 0.1) is 26.9 Å². The minimum absolute atomic E-state index is 0.00633. The van der Waals surface area contributed by atoms with Crippen molar-refractivity contribution in [2.24, 2.45) is 0 Å². The maximum absolute atomic E-state index is 12.9. The van der Waals surface area contributed by atoms with Gasteiger partial charge in [-0.3, -0.25) is 9.59 Å². The summed E-state index contributed by atoms with van der Waals surface area (Å²) >= 11 is 4.82. The third-order valence-corrected chi connectivity index (χ3v) is 6.92. The smallest absolute Gasteiger partial charge is 0.291 e. The molecule has 1 aromatic heterocycles. The molecule has 1 heterocycles. The van der Waals surface area contributed by atoms with E-state index in [1.165, 1.54) is 33.5 Å². The van der Waals surface area contributed by atoms with E-state index < -0.39 is 5.91 Å². The maximum Gasteiger partial charge on any atom is 0.291 e. The minimum atomic E-state index is -0.535. The predicted octanol–water partition coefficient (Wildman–Crippen LogP) is 6.20. The summed E-state index contributed by atoms with van der Waals surface area (Å²) in [5.41, 5.74) is 2.83. The highest BCUT2D eigenvalue weighted by Crippen LogP contribution is 2.47. The van der Waals surface area contributed by atoms with Crippen molar-refractivity contribution in [3.8, 4) is 28.9 Å². The van der Waals surface area contributed by atoms with Gasteiger partial charge in [0.1, 0.15) is 28.7 Å². The number of carbonyl (C=O) groups excluding carboxylic acids is 2. The first-order chi connectivity index (χ1) is 17.2. The lowest BCUT2D eigenvalue weighted by atomic mass is 9.77. The topological polar surface area (TPSA) is 96.2 Å².